The molecule has 0 radical (unpaired) electrons. The second kappa shape index (κ2) is 7.93. The van der Waals surface area contributed by atoms with E-state index in [1.165, 1.54) is 41.8 Å². The third-order valence-electron chi connectivity index (χ3n) is 5.82. The molecule has 4 rings (SSSR count). The Morgan fingerprint density at radius 1 is 1.15 bits per heavy atom. The number of carbonyl (C=O) groups excluding carboxylic acids is 1. The number of rotatable bonds is 4. The number of hydrogen-bond donors (Lipinski definition) is 1. The van der Waals surface area contributed by atoms with Crippen molar-refractivity contribution < 1.29 is 9.53 Å². The van der Waals surface area contributed by atoms with E-state index in [0.717, 1.165) is 42.6 Å². The summed E-state index contributed by atoms with van der Waals surface area (Å²) in [6.07, 6.45) is 7.27. The molecule has 4 nitrogen and oxygen atoms in total. The Hall–Kier alpha value is -2.01. The Balaban J connectivity index is 1.61. The van der Waals surface area contributed by atoms with Gasteiger partial charge in [0.2, 0.25) is 0 Å². The Morgan fingerprint density at radius 2 is 1.85 bits per heavy atom. The van der Waals surface area contributed by atoms with Gasteiger partial charge in [0.25, 0.3) is 5.91 Å². The van der Waals surface area contributed by atoms with Crippen molar-refractivity contribution in [3.8, 4) is 5.75 Å². The number of benzene rings is 1. The van der Waals surface area contributed by atoms with Crippen molar-refractivity contribution in [1.82, 2.24) is 0 Å². The maximum absolute atomic E-state index is 12.8. The van der Waals surface area contributed by atoms with Crippen molar-refractivity contribution >= 4 is 27.9 Å². The van der Waals surface area contributed by atoms with Crippen LogP contribution in [-0.4, -0.2) is 26.1 Å². The predicted molar refractivity (Wildman–Crippen MR) is 113 cm³/mol. The number of anilines is 2. The number of nitrogens with one attached hydrogen (secondary N) is 1. The van der Waals surface area contributed by atoms with Crippen LogP contribution in [0.15, 0.2) is 24.3 Å². The van der Waals surface area contributed by atoms with Gasteiger partial charge in [0.1, 0.15) is 10.8 Å². The number of methoxy groups -OCH3 is 1. The van der Waals surface area contributed by atoms with Gasteiger partial charge in [-0.05, 0) is 74.3 Å². The molecule has 1 aromatic carbocycles. The summed E-state index contributed by atoms with van der Waals surface area (Å²) in [5.41, 5.74) is 3.47. The summed E-state index contributed by atoms with van der Waals surface area (Å²) in [5, 5.41) is 4.27. The Kier molecular flexibility index (Phi) is 5.39. The second-order valence-corrected chi connectivity index (χ2v) is 8.85. The average molecular weight is 385 g/mol. The van der Waals surface area contributed by atoms with Gasteiger partial charge in [-0.3, -0.25) is 4.79 Å². The highest BCUT2D eigenvalue weighted by Crippen LogP contribution is 2.45. The lowest BCUT2D eigenvalue weighted by molar-refractivity contribution is 0.102. The van der Waals surface area contributed by atoms with E-state index < -0.39 is 0 Å². The van der Waals surface area contributed by atoms with Gasteiger partial charge < -0.3 is 15.0 Å². The minimum atomic E-state index is -0.0390. The molecular formula is C22H28N2O2S. The lowest BCUT2D eigenvalue weighted by atomic mass is 9.95. The van der Waals surface area contributed by atoms with Gasteiger partial charge in [-0.1, -0.05) is 6.92 Å². The monoisotopic (exact) mass is 384 g/mol. The minimum absolute atomic E-state index is 0.0390. The number of fused-ring (bicyclic) bond motifs is 1. The predicted octanol–water partition coefficient (Wildman–Crippen LogP) is 5.12. The van der Waals surface area contributed by atoms with Gasteiger partial charge in [-0.15, -0.1) is 11.3 Å². The molecule has 2 aliphatic rings. The molecule has 1 N–H and O–H groups in total. The molecule has 1 aliphatic carbocycles. The molecule has 2 heterocycles. The highest BCUT2D eigenvalue weighted by Gasteiger charge is 2.27. The molecule has 0 bridgehead atoms. The number of ether oxygens (including phenoxy) is 1. The number of carbonyl (C=O) groups is 1. The van der Waals surface area contributed by atoms with E-state index in [4.69, 9.17) is 4.74 Å². The van der Waals surface area contributed by atoms with E-state index in [1.54, 1.807) is 18.4 Å². The van der Waals surface area contributed by atoms with Crippen LogP contribution in [0.3, 0.4) is 0 Å². The highest BCUT2D eigenvalue weighted by atomic mass is 32.1. The molecule has 0 spiro atoms. The van der Waals surface area contributed by atoms with Gasteiger partial charge >= 0.3 is 0 Å². The largest absolute Gasteiger partial charge is 0.497 e. The molecule has 2 aromatic rings. The van der Waals surface area contributed by atoms with Gasteiger partial charge in [-0.25, -0.2) is 0 Å². The number of aryl methyl sites for hydroxylation is 1. The zero-order valence-corrected chi connectivity index (χ0v) is 17.0. The Labute approximate surface area is 165 Å². The van der Waals surface area contributed by atoms with Crippen molar-refractivity contribution in [3.05, 3.63) is 40.3 Å². The topological polar surface area (TPSA) is 41.6 Å². The SMILES string of the molecule is COc1ccc(C(=O)Nc2sc3c(c2N2CCC(C)CC2)CCCC3)cc1. The van der Waals surface area contributed by atoms with Crippen LogP contribution in [0.5, 0.6) is 5.75 Å². The Bertz CT molecular complexity index is 804. The Morgan fingerprint density at radius 3 is 2.56 bits per heavy atom. The average Bonchev–Trinajstić information content (AvgIpc) is 3.06. The molecule has 1 saturated heterocycles. The van der Waals surface area contributed by atoms with E-state index in [-0.39, 0.29) is 5.91 Å². The van der Waals surface area contributed by atoms with E-state index in [2.05, 4.69) is 17.1 Å². The quantitative estimate of drug-likeness (QED) is 0.795. The maximum atomic E-state index is 12.8. The first-order chi connectivity index (χ1) is 13.2. The van der Waals surface area contributed by atoms with Crippen LogP contribution in [0.4, 0.5) is 10.7 Å². The molecule has 0 atom stereocenters. The van der Waals surface area contributed by atoms with E-state index in [0.29, 0.717) is 5.56 Å². The van der Waals surface area contributed by atoms with Gasteiger partial charge in [0.15, 0.2) is 0 Å². The number of thiophene rings is 1. The van der Waals surface area contributed by atoms with Crippen LogP contribution in [0.2, 0.25) is 0 Å². The van der Waals surface area contributed by atoms with Crippen LogP contribution >= 0.6 is 11.3 Å². The fraction of sp³-hybridized carbons (Fsp3) is 0.500. The van der Waals surface area contributed by atoms with Crippen LogP contribution in [0, 0.1) is 5.92 Å². The van der Waals surface area contributed by atoms with E-state index in [9.17, 15) is 4.79 Å². The zero-order chi connectivity index (χ0) is 18.8. The minimum Gasteiger partial charge on any atom is -0.497 e. The van der Waals surface area contributed by atoms with Crippen LogP contribution < -0.4 is 15.0 Å². The summed E-state index contributed by atoms with van der Waals surface area (Å²) in [6, 6.07) is 7.32. The van der Waals surface area contributed by atoms with Crippen molar-refractivity contribution in [2.24, 2.45) is 5.92 Å². The van der Waals surface area contributed by atoms with E-state index >= 15 is 0 Å². The third-order valence-corrected chi connectivity index (χ3v) is 7.02. The highest BCUT2D eigenvalue weighted by molar-refractivity contribution is 7.17. The first-order valence-corrected chi connectivity index (χ1v) is 10.8. The summed E-state index contributed by atoms with van der Waals surface area (Å²) in [6.45, 7) is 4.53. The van der Waals surface area contributed by atoms with Crippen molar-refractivity contribution in [2.45, 2.75) is 45.4 Å². The lowest BCUT2D eigenvalue weighted by Crippen LogP contribution is -2.34. The molecule has 1 fully saturated rings. The molecule has 5 heteroatoms. The molecule has 1 amide bonds. The second-order valence-electron chi connectivity index (χ2n) is 7.74. The summed E-state index contributed by atoms with van der Waals surface area (Å²) in [4.78, 5) is 16.8. The van der Waals surface area contributed by atoms with Crippen LogP contribution in [0.1, 0.15) is 53.4 Å². The summed E-state index contributed by atoms with van der Waals surface area (Å²) in [5.74, 6) is 1.53. The van der Waals surface area contributed by atoms with Crippen LogP contribution in [0.25, 0.3) is 0 Å². The summed E-state index contributed by atoms with van der Waals surface area (Å²) < 4.78 is 5.19. The fourth-order valence-corrected chi connectivity index (χ4v) is 5.43. The van der Waals surface area contributed by atoms with Gasteiger partial charge in [0, 0.05) is 23.5 Å². The molecule has 27 heavy (non-hydrogen) atoms. The third kappa shape index (κ3) is 3.84. The molecular weight excluding hydrogens is 356 g/mol. The number of hydrogen-bond acceptors (Lipinski definition) is 4. The first kappa shape index (κ1) is 18.4. The lowest BCUT2D eigenvalue weighted by Gasteiger charge is -2.33. The number of piperidine rings is 1. The van der Waals surface area contributed by atoms with Crippen molar-refractivity contribution in [1.29, 1.82) is 0 Å². The zero-order valence-electron chi connectivity index (χ0n) is 16.2. The van der Waals surface area contributed by atoms with Crippen molar-refractivity contribution in [2.75, 3.05) is 30.4 Å². The first-order valence-electron chi connectivity index (χ1n) is 10.0. The van der Waals surface area contributed by atoms with Gasteiger partial charge in [-0.2, -0.15) is 0 Å². The molecule has 1 aromatic heterocycles. The van der Waals surface area contributed by atoms with Crippen molar-refractivity contribution in [3.63, 3.8) is 0 Å². The molecule has 1 aliphatic heterocycles. The standard InChI is InChI=1S/C22H28N2O2S/c1-15-11-13-24(14-12-15)20-18-5-3-4-6-19(18)27-22(20)23-21(25)16-7-9-17(26-2)10-8-16/h7-10,15H,3-6,11-14H2,1-2H3,(H,23,25). The molecule has 144 valence electrons. The molecule has 0 unspecified atom stereocenters. The summed E-state index contributed by atoms with van der Waals surface area (Å²) >= 11 is 1.79. The van der Waals surface area contributed by atoms with Gasteiger partial charge in [0.05, 0.1) is 12.8 Å². The maximum Gasteiger partial charge on any atom is 0.256 e. The number of nitrogens with zero attached hydrogens (tertiary/aromatic N) is 1. The van der Waals surface area contributed by atoms with Crippen LogP contribution in [-0.2, 0) is 12.8 Å². The smallest absolute Gasteiger partial charge is 0.256 e. The molecule has 0 saturated carbocycles. The van der Waals surface area contributed by atoms with E-state index in [1.807, 2.05) is 24.3 Å². The number of amides is 1. The summed E-state index contributed by atoms with van der Waals surface area (Å²) in [7, 11) is 1.64. The fourth-order valence-electron chi connectivity index (χ4n) is 4.12. The normalized spacial score (nSPS) is 17.5.